The van der Waals surface area contributed by atoms with E-state index in [-0.39, 0.29) is 6.61 Å². The Morgan fingerprint density at radius 3 is 2.73 bits per heavy atom. The normalized spacial score (nSPS) is 10.1. The van der Waals surface area contributed by atoms with Gasteiger partial charge in [-0.15, -0.1) is 0 Å². The standard InChI is InChI=1S/C7H7ClINO/c8-5-2-6(9)4(3-11)1-7(5)10/h1-2,11H,3,10H2. The molecule has 0 aliphatic carbocycles. The second kappa shape index (κ2) is 3.60. The van der Waals surface area contributed by atoms with Crippen molar-refractivity contribution >= 4 is 39.9 Å². The minimum Gasteiger partial charge on any atom is -0.398 e. The Morgan fingerprint density at radius 1 is 1.55 bits per heavy atom. The summed E-state index contributed by atoms with van der Waals surface area (Å²) in [4.78, 5) is 0. The Labute approximate surface area is 83.5 Å². The minimum atomic E-state index is -0.000355. The second-order valence-electron chi connectivity index (χ2n) is 2.12. The Bertz CT molecular complexity index is 277. The molecule has 0 heterocycles. The number of halogens is 2. The first-order valence-electron chi connectivity index (χ1n) is 2.99. The molecule has 11 heavy (non-hydrogen) atoms. The second-order valence-corrected chi connectivity index (χ2v) is 3.69. The molecule has 0 bridgehead atoms. The van der Waals surface area contributed by atoms with Crippen molar-refractivity contribution < 1.29 is 5.11 Å². The topological polar surface area (TPSA) is 46.2 Å². The van der Waals surface area contributed by atoms with E-state index in [2.05, 4.69) is 22.6 Å². The van der Waals surface area contributed by atoms with Crippen LogP contribution < -0.4 is 5.73 Å². The number of nitrogen functional groups attached to an aromatic ring is 1. The largest absolute Gasteiger partial charge is 0.398 e. The molecular weight excluding hydrogens is 276 g/mol. The molecule has 1 rings (SSSR count). The lowest BCUT2D eigenvalue weighted by molar-refractivity contribution is 0.281. The van der Waals surface area contributed by atoms with Gasteiger partial charge in [0.25, 0.3) is 0 Å². The summed E-state index contributed by atoms with van der Waals surface area (Å²) >= 11 is 7.83. The van der Waals surface area contributed by atoms with Gasteiger partial charge in [0.05, 0.1) is 17.3 Å². The van der Waals surface area contributed by atoms with Crippen LogP contribution in [0.15, 0.2) is 12.1 Å². The highest BCUT2D eigenvalue weighted by Crippen LogP contribution is 2.24. The first kappa shape index (κ1) is 9.09. The molecule has 0 aliphatic heterocycles. The molecule has 0 aliphatic rings. The van der Waals surface area contributed by atoms with E-state index in [0.717, 1.165) is 9.13 Å². The van der Waals surface area contributed by atoms with Crippen molar-refractivity contribution in [3.63, 3.8) is 0 Å². The van der Waals surface area contributed by atoms with E-state index >= 15 is 0 Å². The predicted molar refractivity (Wildman–Crippen MR) is 54.5 cm³/mol. The summed E-state index contributed by atoms with van der Waals surface area (Å²) in [6.07, 6.45) is 0. The van der Waals surface area contributed by atoms with Gasteiger partial charge in [-0.1, -0.05) is 11.6 Å². The predicted octanol–water partition coefficient (Wildman–Crippen LogP) is 2.02. The van der Waals surface area contributed by atoms with Crippen LogP contribution in [-0.4, -0.2) is 5.11 Å². The van der Waals surface area contributed by atoms with Gasteiger partial charge in [0.2, 0.25) is 0 Å². The van der Waals surface area contributed by atoms with E-state index in [1.807, 2.05) is 0 Å². The van der Waals surface area contributed by atoms with Crippen molar-refractivity contribution in [3.8, 4) is 0 Å². The number of hydrogen-bond acceptors (Lipinski definition) is 2. The van der Waals surface area contributed by atoms with Crippen LogP contribution in [0.2, 0.25) is 5.02 Å². The molecule has 1 aromatic carbocycles. The van der Waals surface area contributed by atoms with Gasteiger partial charge < -0.3 is 10.8 Å². The molecule has 4 heteroatoms. The molecular formula is C7H7ClINO. The summed E-state index contributed by atoms with van der Waals surface area (Å²) in [5.74, 6) is 0. The highest BCUT2D eigenvalue weighted by molar-refractivity contribution is 14.1. The van der Waals surface area contributed by atoms with Crippen molar-refractivity contribution in [1.29, 1.82) is 0 Å². The molecule has 0 radical (unpaired) electrons. The maximum atomic E-state index is 8.83. The van der Waals surface area contributed by atoms with Gasteiger partial charge in [0.15, 0.2) is 0 Å². The molecule has 1 aromatic rings. The number of aliphatic hydroxyl groups is 1. The number of aliphatic hydroxyl groups excluding tert-OH is 1. The molecule has 3 N–H and O–H groups in total. The van der Waals surface area contributed by atoms with Gasteiger partial charge in [-0.2, -0.15) is 0 Å². The number of anilines is 1. The van der Waals surface area contributed by atoms with E-state index < -0.39 is 0 Å². The third-order valence-electron chi connectivity index (χ3n) is 1.34. The minimum absolute atomic E-state index is 0.000355. The Hall–Kier alpha value is -0.000000000000000167. The lowest BCUT2D eigenvalue weighted by atomic mass is 10.2. The van der Waals surface area contributed by atoms with E-state index in [9.17, 15) is 0 Å². The first-order valence-corrected chi connectivity index (χ1v) is 4.45. The van der Waals surface area contributed by atoms with Crippen molar-refractivity contribution in [2.75, 3.05) is 5.73 Å². The zero-order valence-electron chi connectivity index (χ0n) is 5.64. The van der Waals surface area contributed by atoms with E-state index in [1.54, 1.807) is 12.1 Å². The molecule has 0 unspecified atom stereocenters. The van der Waals surface area contributed by atoms with Crippen LogP contribution >= 0.6 is 34.2 Å². The van der Waals surface area contributed by atoms with Crippen molar-refractivity contribution in [3.05, 3.63) is 26.3 Å². The number of hydrogen-bond donors (Lipinski definition) is 2. The SMILES string of the molecule is Nc1cc(CO)c(I)cc1Cl. The lowest BCUT2D eigenvalue weighted by Crippen LogP contribution is -1.93. The molecule has 0 spiro atoms. The van der Waals surface area contributed by atoms with Gasteiger partial charge in [-0.3, -0.25) is 0 Å². The average Bonchev–Trinajstić information content (AvgIpc) is 1.97. The molecule has 0 atom stereocenters. The lowest BCUT2D eigenvalue weighted by Gasteiger charge is -2.03. The average molecular weight is 283 g/mol. The Morgan fingerprint density at radius 2 is 2.18 bits per heavy atom. The van der Waals surface area contributed by atoms with Crippen molar-refractivity contribution in [2.45, 2.75) is 6.61 Å². The molecule has 0 fully saturated rings. The van der Waals surface area contributed by atoms with E-state index in [1.165, 1.54) is 0 Å². The third kappa shape index (κ3) is 1.98. The fourth-order valence-corrected chi connectivity index (χ4v) is 1.72. The molecule has 0 amide bonds. The molecule has 2 nitrogen and oxygen atoms in total. The van der Waals surface area contributed by atoms with Crippen molar-refractivity contribution in [1.82, 2.24) is 0 Å². The molecule has 0 aromatic heterocycles. The van der Waals surface area contributed by atoms with Gasteiger partial charge in [-0.25, -0.2) is 0 Å². The monoisotopic (exact) mass is 283 g/mol. The smallest absolute Gasteiger partial charge is 0.0692 e. The Balaban J connectivity index is 3.21. The van der Waals surface area contributed by atoms with Gasteiger partial charge in [0.1, 0.15) is 0 Å². The zero-order chi connectivity index (χ0) is 8.43. The van der Waals surface area contributed by atoms with Crippen LogP contribution in [-0.2, 0) is 6.61 Å². The molecule has 0 saturated carbocycles. The fraction of sp³-hybridized carbons (Fsp3) is 0.143. The highest BCUT2D eigenvalue weighted by atomic mass is 127. The van der Waals surface area contributed by atoms with Gasteiger partial charge in [-0.05, 0) is 40.3 Å². The summed E-state index contributed by atoms with van der Waals surface area (Å²) in [7, 11) is 0. The molecule has 60 valence electrons. The summed E-state index contributed by atoms with van der Waals surface area (Å²) in [5, 5.41) is 9.36. The van der Waals surface area contributed by atoms with Crippen LogP contribution in [0, 0.1) is 3.57 Å². The number of benzene rings is 1. The summed E-state index contributed by atoms with van der Waals surface area (Å²) < 4.78 is 0.935. The van der Waals surface area contributed by atoms with Crippen LogP contribution in [0.1, 0.15) is 5.56 Å². The van der Waals surface area contributed by atoms with Crippen LogP contribution in [0.3, 0.4) is 0 Å². The highest BCUT2D eigenvalue weighted by Gasteiger charge is 2.02. The van der Waals surface area contributed by atoms with Gasteiger partial charge in [0, 0.05) is 3.57 Å². The van der Waals surface area contributed by atoms with Gasteiger partial charge >= 0.3 is 0 Å². The Kier molecular flexibility index (Phi) is 2.98. The third-order valence-corrected chi connectivity index (χ3v) is 2.67. The first-order chi connectivity index (χ1) is 5.15. The zero-order valence-corrected chi connectivity index (χ0v) is 8.56. The quantitative estimate of drug-likeness (QED) is 0.612. The fourth-order valence-electron chi connectivity index (χ4n) is 0.734. The van der Waals surface area contributed by atoms with E-state index in [4.69, 9.17) is 22.4 Å². The summed E-state index contributed by atoms with van der Waals surface area (Å²) in [6.45, 7) is -0.000355. The number of nitrogens with two attached hydrogens (primary N) is 1. The number of rotatable bonds is 1. The van der Waals surface area contributed by atoms with Crippen LogP contribution in [0.5, 0.6) is 0 Å². The van der Waals surface area contributed by atoms with Crippen molar-refractivity contribution in [2.24, 2.45) is 0 Å². The molecule has 0 saturated heterocycles. The maximum absolute atomic E-state index is 8.83. The maximum Gasteiger partial charge on any atom is 0.0692 e. The van der Waals surface area contributed by atoms with Crippen LogP contribution in [0.4, 0.5) is 5.69 Å². The summed E-state index contributed by atoms with van der Waals surface area (Å²) in [6, 6.07) is 3.42. The van der Waals surface area contributed by atoms with E-state index in [0.29, 0.717) is 10.7 Å². The summed E-state index contributed by atoms with van der Waals surface area (Å²) in [5.41, 5.74) is 6.84. The van der Waals surface area contributed by atoms with Crippen LogP contribution in [0.25, 0.3) is 0 Å².